The zero-order valence-corrected chi connectivity index (χ0v) is 14.8. The number of nitrogens with one attached hydrogen (secondary N) is 1. The van der Waals surface area contributed by atoms with Crippen LogP contribution in [0, 0.1) is 5.41 Å². The van der Waals surface area contributed by atoms with E-state index in [1.54, 1.807) is 17.4 Å². The van der Waals surface area contributed by atoms with Crippen LogP contribution in [0.1, 0.15) is 20.8 Å². The number of nitrogens with zero attached hydrogens (tertiary/aromatic N) is 1. The zero-order valence-electron chi connectivity index (χ0n) is 13.2. The lowest BCUT2D eigenvalue weighted by atomic mass is 9.95. The summed E-state index contributed by atoms with van der Waals surface area (Å²) < 4.78 is 1.11. The summed E-state index contributed by atoms with van der Waals surface area (Å²) in [6, 6.07) is 13.4. The number of rotatable bonds is 2. The van der Waals surface area contributed by atoms with E-state index in [1.165, 1.54) is 0 Å². The third-order valence-electron chi connectivity index (χ3n) is 3.44. The monoisotopic (exact) mass is 344 g/mol. The van der Waals surface area contributed by atoms with Gasteiger partial charge in [0.15, 0.2) is 0 Å². The van der Waals surface area contributed by atoms with Gasteiger partial charge in [-0.25, -0.2) is 4.98 Å². The molecule has 1 heterocycles. The molecule has 0 aliphatic heterocycles. The Bertz CT molecular complexity index is 847. The summed E-state index contributed by atoms with van der Waals surface area (Å²) in [6.45, 7) is 5.65. The quantitative estimate of drug-likeness (QED) is 0.657. The fraction of sp³-hybridized carbons (Fsp3) is 0.222. The highest BCUT2D eigenvalue weighted by atomic mass is 35.5. The van der Waals surface area contributed by atoms with E-state index in [4.69, 9.17) is 11.6 Å². The first-order valence-corrected chi connectivity index (χ1v) is 8.51. The largest absolute Gasteiger partial charge is 0.325 e. The fourth-order valence-electron chi connectivity index (χ4n) is 2.10. The zero-order chi connectivity index (χ0) is 16.6. The predicted octanol–water partition coefficient (Wildman–Crippen LogP) is 5.60. The highest BCUT2D eigenvalue weighted by Gasteiger charge is 2.23. The van der Waals surface area contributed by atoms with Gasteiger partial charge < -0.3 is 5.32 Å². The number of fused-ring (bicyclic) bond motifs is 1. The van der Waals surface area contributed by atoms with E-state index >= 15 is 0 Å². The SMILES string of the molecule is CC(C)(C)C(=O)Nc1ccc(Cl)cc1-c1nc2ccccc2s1. The Morgan fingerprint density at radius 2 is 1.91 bits per heavy atom. The summed E-state index contributed by atoms with van der Waals surface area (Å²) in [6.07, 6.45) is 0. The summed E-state index contributed by atoms with van der Waals surface area (Å²) in [4.78, 5) is 17.0. The van der Waals surface area contributed by atoms with Gasteiger partial charge in [-0.3, -0.25) is 4.79 Å². The van der Waals surface area contributed by atoms with E-state index in [2.05, 4.69) is 10.3 Å². The summed E-state index contributed by atoms with van der Waals surface area (Å²) in [5.74, 6) is -0.0396. The first-order valence-electron chi connectivity index (χ1n) is 7.31. The van der Waals surface area contributed by atoms with Crippen molar-refractivity contribution in [3.8, 4) is 10.6 Å². The number of amides is 1. The van der Waals surface area contributed by atoms with Crippen molar-refractivity contribution in [2.75, 3.05) is 5.32 Å². The molecule has 2 aromatic carbocycles. The van der Waals surface area contributed by atoms with Crippen molar-refractivity contribution in [1.82, 2.24) is 4.98 Å². The molecule has 3 nitrogen and oxygen atoms in total. The molecule has 0 aliphatic rings. The normalized spacial score (nSPS) is 11.7. The standard InChI is InChI=1S/C18H17ClN2OS/c1-18(2,3)17(22)21-13-9-8-11(19)10-12(13)16-20-14-6-4-5-7-15(14)23-16/h4-10H,1-3H3,(H,21,22). The summed E-state index contributed by atoms with van der Waals surface area (Å²) in [7, 11) is 0. The molecule has 3 rings (SSSR count). The van der Waals surface area contributed by atoms with Crippen LogP contribution in [0.2, 0.25) is 5.02 Å². The van der Waals surface area contributed by atoms with Gasteiger partial charge in [-0.15, -0.1) is 11.3 Å². The van der Waals surface area contributed by atoms with E-state index in [1.807, 2.05) is 57.2 Å². The van der Waals surface area contributed by atoms with Crippen LogP contribution in [0.3, 0.4) is 0 Å². The summed E-state index contributed by atoms with van der Waals surface area (Å²) >= 11 is 7.74. The molecule has 0 spiro atoms. The van der Waals surface area contributed by atoms with Crippen molar-refractivity contribution in [3.63, 3.8) is 0 Å². The van der Waals surface area contributed by atoms with Gasteiger partial charge in [0.25, 0.3) is 0 Å². The maximum absolute atomic E-state index is 12.3. The van der Waals surface area contributed by atoms with Crippen LogP contribution in [-0.4, -0.2) is 10.9 Å². The van der Waals surface area contributed by atoms with Crippen molar-refractivity contribution in [3.05, 3.63) is 47.5 Å². The van der Waals surface area contributed by atoms with Crippen molar-refractivity contribution in [1.29, 1.82) is 0 Å². The third kappa shape index (κ3) is 3.38. The molecule has 3 aromatic rings. The fourth-order valence-corrected chi connectivity index (χ4v) is 3.27. The lowest BCUT2D eigenvalue weighted by Crippen LogP contribution is -2.27. The Morgan fingerprint density at radius 1 is 1.17 bits per heavy atom. The number of anilines is 1. The lowest BCUT2D eigenvalue weighted by Gasteiger charge is -2.19. The smallest absolute Gasteiger partial charge is 0.229 e. The molecule has 5 heteroatoms. The molecule has 1 aromatic heterocycles. The molecule has 0 saturated heterocycles. The number of carbonyl (C=O) groups excluding carboxylic acids is 1. The minimum atomic E-state index is -0.468. The number of aromatic nitrogens is 1. The number of halogens is 1. The van der Waals surface area contributed by atoms with Crippen molar-refractivity contribution < 1.29 is 4.79 Å². The molecule has 0 fully saturated rings. The lowest BCUT2D eigenvalue weighted by molar-refractivity contribution is -0.123. The topological polar surface area (TPSA) is 42.0 Å². The van der Waals surface area contributed by atoms with Gasteiger partial charge in [0.1, 0.15) is 5.01 Å². The van der Waals surface area contributed by atoms with E-state index in [0.717, 1.165) is 26.5 Å². The Hall–Kier alpha value is -1.91. The third-order valence-corrected chi connectivity index (χ3v) is 4.74. The summed E-state index contributed by atoms with van der Waals surface area (Å²) in [5, 5.41) is 4.45. The molecular formula is C18H17ClN2OS. The van der Waals surface area contributed by atoms with E-state index in [0.29, 0.717) is 5.02 Å². The number of carbonyl (C=O) groups is 1. The molecule has 1 amide bonds. The minimum absolute atomic E-state index is 0.0396. The van der Waals surface area contributed by atoms with Gasteiger partial charge in [-0.1, -0.05) is 44.5 Å². The van der Waals surface area contributed by atoms with E-state index in [-0.39, 0.29) is 5.91 Å². The Morgan fingerprint density at radius 3 is 2.61 bits per heavy atom. The van der Waals surface area contributed by atoms with Crippen molar-refractivity contribution in [2.45, 2.75) is 20.8 Å². The average Bonchev–Trinajstić information content (AvgIpc) is 2.91. The van der Waals surface area contributed by atoms with Crippen LogP contribution in [0.15, 0.2) is 42.5 Å². The average molecular weight is 345 g/mol. The maximum atomic E-state index is 12.3. The van der Waals surface area contributed by atoms with Crippen molar-refractivity contribution in [2.24, 2.45) is 5.41 Å². The molecule has 1 N–H and O–H groups in total. The van der Waals surface area contributed by atoms with E-state index in [9.17, 15) is 4.79 Å². The highest BCUT2D eigenvalue weighted by molar-refractivity contribution is 7.21. The molecule has 0 atom stereocenters. The Labute approximate surface area is 144 Å². The number of thiazole rings is 1. The molecule has 0 saturated carbocycles. The minimum Gasteiger partial charge on any atom is -0.325 e. The first kappa shape index (κ1) is 16.0. The van der Waals surface area contributed by atoms with Crippen LogP contribution in [0.5, 0.6) is 0 Å². The summed E-state index contributed by atoms with van der Waals surface area (Å²) in [5.41, 5.74) is 2.05. The number of hydrogen-bond acceptors (Lipinski definition) is 3. The second-order valence-electron chi connectivity index (χ2n) is 6.38. The predicted molar refractivity (Wildman–Crippen MR) is 98.2 cm³/mol. The van der Waals surface area contributed by atoms with Gasteiger partial charge in [0.05, 0.1) is 15.9 Å². The van der Waals surface area contributed by atoms with Crippen LogP contribution >= 0.6 is 22.9 Å². The van der Waals surface area contributed by atoms with Gasteiger partial charge >= 0.3 is 0 Å². The van der Waals surface area contributed by atoms with Gasteiger partial charge in [-0.05, 0) is 30.3 Å². The van der Waals surface area contributed by atoms with Crippen LogP contribution in [0.25, 0.3) is 20.8 Å². The highest BCUT2D eigenvalue weighted by Crippen LogP contribution is 2.36. The maximum Gasteiger partial charge on any atom is 0.229 e. The molecule has 23 heavy (non-hydrogen) atoms. The number of hydrogen-bond donors (Lipinski definition) is 1. The van der Waals surface area contributed by atoms with Gasteiger partial charge in [0, 0.05) is 16.0 Å². The van der Waals surface area contributed by atoms with Gasteiger partial charge in [0.2, 0.25) is 5.91 Å². The van der Waals surface area contributed by atoms with Crippen molar-refractivity contribution >= 4 is 44.7 Å². The molecule has 0 aliphatic carbocycles. The Kier molecular flexibility index (Phi) is 4.13. The van der Waals surface area contributed by atoms with Crippen LogP contribution < -0.4 is 5.32 Å². The van der Waals surface area contributed by atoms with E-state index < -0.39 is 5.41 Å². The molecule has 0 unspecified atom stereocenters. The van der Waals surface area contributed by atoms with Crippen LogP contribution in [0.4, 0.5) is 5.69 Å². The van der Waals surface area contributed by atoms with Gasteiger partial charge in [-0.2, -0.15) is 0 Å². The second-order valence-corrected chi connectivity index (χ2v) is 7.85. The molecular weight excluding hydrogens is 328 g/mol. The number of benzene rings is 2. The first-order chi connectivity index (χ1) is 10.8. The molecule has 0 radical (unpaired) electrons. The van der Waals surface area contributed by atoms with Crippen LogP contribution in [-0.2, 0) is 4.79 Å². The Balaban J connectivity index is 2.07. The number of para-hydroxylation sites is 1. The second kappa shape index (κ2) is 5.95. The molecule has 118 valence electrons. The molecule has 0 bridgehead atoms.